The lowest BCUT2D eigenvalue weighted by atomic mass is 9.85. The number of rotatable bonds is 1. The van der Waals surface area contributed by atoms with Crippen LogP contribution in [0.5, 0.6) is 0 Å². The van der Waals surface area contributed by atoms with Gasteiger partial charge in [0.25, 0.3) is 0 Å². The Morgan fingerprint density at radius 2 is 1.93 bits per heavy atom. The molecule has 2 heterocycles. The molecule has 1 saturated heterocycles. The van der Waals surface area contributed by atoms with Gasteiger partial charge >= 0.3 is 7.12 Å². The van der Waals surface area contributed by atoms with Crippen molar-refractivity contribution >= 4 is 12.7 Å². The summed E-state index contributed by atoms with van der Waals surface area (Å²) in [6.45, 7) is 7.74. The summed E-state index contributed by atoms with van der Waals surface area (Å²) in [4.78, 5) is 0. The molecule has 1 aromatic rings. The highest BCUT2D eigenvalue weighted by Crippen LogP contribution is 2.36. The van der Waals surface area contributed by atoms with Crippen LogP contribution < -0.4 is 5.59 Å². The molecular formula is C9H15BN2O2. The molecule has 14 heavy (non-hydrogen) atoms. The van der Waals surface area contributed by atoms with Crippen LogP contribution in [0.2, 0.25) is 0 Å². The fourth-order valence-electron chi connectivity index (χ4n) is 1.27. The molecule has 1 fully saturated rings. The van der Waals surface area contributed by atoms with Gasteiger partial charge in [-0.3, -0.25) is 5.10 Å². The monoisotopic (exact) mass is 196 g/mol. The summed E-state index contributed by atoms with van der Waals surface area (Å²) in [5.74, 6) is 0. The molecule has 4 nitrogen and oxygen atoms in total. The second-order valence-electron chi connectivity index (χ2n) is 4.45. The molecule has 1 aromatic heterocycles. The highest BCUT2D eigenvalue weighted by Gasteiger charge is 2.52. The molecule has 0 unspecified atom stereocenters. The highest BCUT2D eigenvalue weighted by atomic mass is 16.7. The number of hydrogen-bond acceptors (Lipinski definition) is 3. The smallest absolute Gasteiger partial charge is 0.398 e. The molecular weight excluding hydrogens is 179 g/mol. The first-order chi connectivity index (χ1) is 7.24. The van der Waals surface area contributed by atoms with Crippen LogP contribution in [-0.2, 0) is 9.31 Å². The molecule has 5 heteroatoms. The van der Waals surface area contributed by atoms with Gasteiger partial charge in [0.05, 0.1) is 19.5 Å². The van der Waals surface area contributed by atoms with E-state index in [4.69, 9.17) is 12.1 Å². The number of nitrogens with zero attached hydrogens (tertiary/aromatic N) is 1. The zero-order valence-electron chi connectivity index (χ0n) is 10.8. The Morgan fingerprint density at radius 3 is 2.36 bits per heavy atom. The molecule has 1 aliphatic heterocycles. The largest absolute Gasteiger partial charge is 0.516 e. The maximum Gasteiger partial charge on any atom is 0.516 e. The Kier molecular flexibility index (Phi) is 1.52. The first-order valence-corrected chi connectivity index (χ1v) is 4.62. The van der Waals surface area contributed by atoms with Crippen LogP contribution in [-0.4, -0.2) is 28.5 Å². The van der Waals surface area contributed by atoms with E-state index in [1.807, 2.05) is 27.7 Å². The van der Waals surface area contributed by atoms with E-state index in [-0.39, 0.29) is 12.2 Å². The van der Waals surface area contributed by atoms with Crippen molar-refractivity contribution in [2.45, 2.75) is 38.9 Å². The van der Waals surface area contributed by atoms with E-state index in [1.165, 1.54) is 0 Å². The summed E-state index contributed by atoms with van der Waals surface area (Å²) < 4.78 is 26.5. The molecule has 0 radical (unpaired) electrons. The average Bonchev–Trinajstić information content (AvgIpc) is 2.54. The minimum absolute atomic E-state index is 0.0234. The van der Waals surface area contributed by atoms with Crippen LogP contribution in [0.3, 0.4) is 0 Å². The summed E-state index contributed by atoms with van der Waals surface area (Å²) in [6, 6.07) is 0.0264. The van der Waals surface area contributed by atoms with Gasteiger partial charge in [-0.25, -0.2) is 0 Å². The molecule has 76 valence electrons. The second-order valence-corrected chi connectivity index (χ2v) is 4.45. The zero-order chi connectivity index (χ0) is 12.1. The number of aromatic amines is 1. The van der Waals surface area contributed by atoms with Crippen molar-refractivity contribution in [3.05, 3.63) is 12.2 Å². The number of nitrogens with one attached hydrogen (secondary N) is 1. The van der Waals surface area contributed by atoms with E-state index in [2.05, 4.69) is 10.2 Å². The van der Waals surface area contributed by atoms with Gasteiger partial charge in [-0.1, -0.05) is 0 Å². The van der Waals surface area contributed by atoms with E-state index in [1.54, 1.807) is 0 Å². The van der Waals surface area contributed by atoms with Crippen LogP contribution in [0, 0.1) is 0 Å². The molecule has 0 spiro atoms. The van der Waals surface area contributed by atoms with Gasteiger partial charge in [0.1, 0.15) is 0 Å². The molecule has 0 aliphatic carbocycles. The fourth-order valence-corrected chi connectivity index (χ4v) is 1.27. The Bertz CT molecular complexity index is 404. The normalized spacial score (nSPS) is 26.1. The topological polar surface area (TPSA) is 47.1 Å². The molecule has 0 aromatic carbocycles. The van der Waals surface area contributed by atoms with E-state index >= 15 is 0 Å². The van der Waals surface area contributed by atoms with Crippen LogP contribution in [0.25, 0.3) is 0 Å². The van der Waals surface area contributed by atoms with Gasteiger partial charge in [0, 0.05) is 6.17 Å². The maximum absolute atomic E-state index is 7.66. The zero-order valence-corrected chi connectivity index (χ0v) is 8.84. The van der Waals surface area contributed by atoms with Gasteiger partial charge in [0.2, 0.25) is 0 Å². The first-order valence-electron chi connectivity index (χ1n) is 5.62. The van der Waals surface area contributed by atoms with E-state index < -0.39 is 18.3 Å². The first kappa shape index (κ1) is 7.48. The van der Waals surface area contributed by atoms with Crippen molar-refractivity contribution in [3.8, 4) is 0 Å². The molecule has 2 rings (SSSR count). The fraction of sp³-hybridized carbons (Fsp3) is 0.667. The summed E-state index contributed by atoms with van der Waals surface area (Å²) in [7, 11) is -0.673. The third-order valence-corrected chi connectivity index (χ3v) is 2.90. The average molecular weight is 196 g/mol. The lowest BCUT2D eigenvalue weighted by molar-refractivity contribution is 0.00578. The van der Waals surface area contributed by atoms with Crippen molar-refractivity contribution in [1.29, 1.82) is 0 Å². The Labute approximate surface area is 86.9 Å². The van der Waals surface area contributed by atoms with Crippen LogP contribution in [0.1, 0.15) is 30.4 Å². The highest BCUT2D eigenvalue weighted by molar-refractivity contribution is 6.61. The summed E-state index contributed by atoms with van der Waals surface area (Å²) in [6.07, 6.45) is -0.0234. The number of hydrogen-bond donors (Lipinski definition) is 1. The van der Waals surface area contributed by atoms with Crippen molar-refractivity contribution in [2.24, 2.45) is 0 Å². The predicted octanol–water partition coefficient (Wildman–Crippen LogP) is 0.709. The molecule has 0 saturated carbocycles. The Hall–Kier alpha value is -0.805. The maximum atomic E-state index is 7.66. The van der Waals surface area contributed by atoms with Crippen LogP contribution >= 0.6 is 0 Å². The summed E-state index contributed by atoms with van der Waals surface area (Å²) >= 11 is 0. The quantitative estimate of drug-likeness (QED) is 0.672. The van der Waals surface area contributed by atoms with Gasteiger partial charge in [-0.15, -0.1) is 0 Å². The van der Waals surface area contributed by atoms with Gasteiger partial charge < -0.3 is 9.31 Å². The second kappa shape index (κ2) is 2.84. The van der Waals surface area contributed by atoms with Crippen molar-refractivity contribution in [1.82, 2.24) is 10.2 Å². The van der Waals surface area contributed by atoms with Gasteiger partial charge in [-0.05, 0) is 33.7 Å². The minimum atomic E-state index is -0.673. The standard InChI is InChI=1S/C9H15BN2O2/c1-8(2)9(3,4)14-10(13-8)7-5-6-11-12-7/h5-6H,1-4H3,(H,11,12)/i5D,6D. The molecule has 0 atom stereocenters. The third kappa shape index (κ3) is 1.37. The molecule has 0 bridgehead atoms. The lowest BCUT2D eigenvalue weighted by Crippen LogP contribution is -2.41. The number of H-pyrrole nitrogens is 1. The predicted molar refractivity (Wildman–Crippen MR) is 54.3 cm³/mol. The third-order valence-electron chi connectivity index (χ3n) is 2.90. The van der Waals surface area contributed by atoms with Crippen molar-refractivity contribution in [3.63, 3.8) is 0 Å². The SMILES string of the molecule is [2H]c1[nH]nc(B2OC(C)(C)C(C)(C)O2)c1[2H]. The lowest BCUT2D eigenvalue weighted by Gasteiger charge is -2.32. The van der Waals surface area contributed by atoms with E-state index in [0.29, 0.717) is 5.59 Å². The van der Waals surface area contributed by atoms with E-state index in [0.717, 1.165) is 0 Å². The summed E-state index contributed by atoms with van der Waals surface area (Å²) in [5, 5.41) is 6.32. The molecule has 0 amide bonds. The van der Waals surface area contributed by atoms with Gasteiger partial charge in [0.15, 0.2) is 0 Å². The Balaban J connectivity index is 2.30. The number of aromatic nitrogens is 2. The summed E-state index contributed by atoms with van der Waals surface area (Å²) in [5.41, 5.74) is -0.570. The van der Waals surface area contributed by atoms with Crippen molar-refractivity contribution in [2.75, 3.05) is 0 Å². The van der Waals surface area contributed by atoms with Crippen molar-refractivity contribution < 1.29 is 12.1 Å². The molecule has 1 aliphatic rings. The van der Waals surface area contributed by atoms with E-state index in [9.17, 15) is 0 Å². The Morgan fingerprint density at radius 1 is 1.36 bits per heavy atom. The van der Waals surface area contributed by atoms with Gasteiger partial charge in [-0.2, -0.15) is 5.10 Å². The van der Waals surface area contributed by atoms with Crippen LogP contribution in [0.15, 0.2) is 12.2 Å². The van der Waals surface area contributed by atoms with Crippen LogP contribution in [0.4, 0.5) is 0 Å². The molecule has 1 N–H and O–H groups in total. The minimum Gasteiger partial charge on any atom is -0.398 e.